The van der Waals surface area contributed by atoms with E-state index in [4.69, 9.17) is 0 Å². The van der Waals surface area contributed by atoms with Crippen LogP contribution >= 0.6 is 0 Å². The molecule has 2 N–H and O–H groups in total. The second-order valence-electron chi connectivity index (χ2n) is 10.5. The second kappa shape index (κ2) is 24.2. The molecule has 0 aliphatic carbocycles. The Morgan fingerprint density at radius 1 is 0.525 bits per heavy atom. The molecule has 0 aliphatic heterocycles. The zero-order valence-corrected chi connectivity index (χ0v) is 26.4. The molecule has 0 heterocycles. The van der Waals surface area contributed by atoms with Gasteiger partial charge in [0, 0.05) is 11.8 Å². The van der Waals surface area contributed by atoms with Crippen molar-refractivity contribution in [1.29, 1.82) is 0 Å². The van der Waals surface area contributed by atoms with E-state index in [0.29, 0.717) is 0 Å². The maximum atomic E-state index is 11.8. The first-order valence-electron chi connectivity index (χ1n) is 16.0. The lowest BCUT2D eigenvalue weighted by Gasteiger charge is -2.26. The van der Waals surface area contributed by atoms with Crippen LogP contribution in [0.2, 0.25) is 0 Å². The Bertz CT molecular complexity index is 811. The minimum absolute atomic E-state index is 0.0907. The van der Waals surface area contributed by atoms with E-state index in [1.807, 2.05) is 38.1 Å². The lowest BCUT2D eigenvalue weighted by Crippen LogP contribution is -2.18. The molecule has 0 radical (unpaired) electrons. The van der Waals surface area contributed by atoms with Crippen LogP contribution in [0.3, 0.4) is 0 Å². The third-order valence-corrected chi connectivity index (χ3v) is 7.23. The molecule has 0 aliphatic rings. The van der Waals surface area contributed by atoms with Crippen LogP contribution in [0.15, 0.2) is 48.5 Å². The van der Waals surface area contributed by atoms with Gasteiger partial charge >= 0.3 is 11.9 Å². The number of carboxylic acids is 2. The van der Waals surface area contributed by atoms with E-state index >= 15 is 0 Å². The smallest absolute Gasteiger partial charge is 0.303 e. The first-order chi connectivity index (χ1) is 19.4. The third kappa shape index (κ3) is 16.5. The summed E-state index contributed by atoms with van der Waals surface area (Å²) in [5.74, 6) is -2.59. The topological polar surface area (TPSA) is 74.6 Å². The van der Waals surface area contributed by atoms with Gasteiger partial charge in [-0.05, 0) is 47.9 Å². The van der Waals surface area contributed by atoms with Gasteiger partial charge in [0.2, 0.25) is 0 Å². The summed E-state index contributed by atoms with van der Waals surface area (Å²) in [6.45, 7) is 12.8. The molecule has 2 aromatic rings. The van der Waals surface area contributed by atoms with Gasteiger partial charge in [0.05, 0.1) is 12.8 Å². The fraction of sp³-hybridized carbons (Fsp3) is 0.611. The summed E-state index contributed by atoms with van der Waals surface area (Å²) in [4.78, 5) is 23.5. The first-order valence-corrected chi connectivity index (χ1v) is 16.0. The zero-order chi connectivity index (χ0) is 30.2. The molecule has 2 atom stereocenters. The number of carbonyl (C=O) groups is 2. The Balaban J connectivity index is 0.00000232. The lowest BCUT2D eigenvalue weighted by molar-refractivity contribution is -0.140. The summed E-state index contributed by atoms with van der Waals surface area (Å²) in [6.07, 6.45) is 14.1. The first kappa shape index (κ1) is 37.4. The summed E-state index contributed by atoms with van der Waals surface area (Å²) in [7, 11) is 0. The molecule has 2 unspecified atom stereocenters. The number of aryl methyl sites for hydroxylation is 2. The molecule has 4 nitrogen and oxygen atoms in total. The standard InChI is InChI=1S/C30H42O4.C4H10.C2H6/c1-3-5-7-9-11-23-13-17-25(18-14-23)27(21-29(31)32)28(22-30(33)34)26-19-15-24(16-20-26)12-10-8-6-4-2;1-3-4-2;1-2/h13-20,27-28H,3-12,21-22H2,1-2H3,(H,31,32)(H,33,34);3-4H2,1-2H3;1-2H3. The van der Waals surface area contributed by atoms with E-state index in [9.17, 15) is 19.8 Å². The van der Waals surface area contributed by atoms with Crippen LogP contribution in [0.25, 0.3) is 0 Å². The summed E-state index contributed by atoms with van der Waals surface area (Å²) < 4.78 is 0. The molecular weight excluding hydrogens is 496 g/mol. The highest BCUT2D eigenvalue weighted by Crippen LogP contribution is 2.38. The van der Waals surface area contributed by atoms with Crippen molar-refractivity contribution in [3.63, 3.8) is 0 Å². The molecule has 0 fully saturated rings. The van der Waals surface area contributed by atoms with Gasteiger partial charge in [-0.25, -0.2) is 0 Å². The average Bonchev–Trinajstić information content (AvgIpc) is 2.97. The second-order valence-corrected chi connectivity index (χ2v) is 10.5. The Morgan fingerprint density at radius 3 is 1.10 bits per heavy atom. The van der Waals surface area contributed by atoms with E-state index in [1.54, 1.807) is 0 Å². The Labute approximate surface area is 245 Å². The van der Waals surface area contributed by atoms with Crippen molar-refractivity contribution >= 4 is 11.9 Å². The van der Waals surface area contributed by atoms with E-state index in [2.05, 4.69) is 52.0 Å². The molecule has 0 saturated carbocycles. The molecule has 226 valence electrons. The van der Waals surface area contributed by atoms with E-state index in [-0.39, 0.29) is 12.8 Å². The van der Waals surface area contributed by atoms with Gasteiger partial charge in [-0.1, -0.05) is 141 Å². The van der Waals surface area contributed by atoms with E-state index in [0.717, 1.165) is 36.8 Å². The Hall–Kier alpha value is -2.62. The van der Waals surface area contributed by atoms with Gasteiger partial charge in [-0.15, -0.1) is 0 Å². The van der Waals surface area contributed by atoms with Gasteiger partial charge in [-0.3, -0.25) is 9.59 Å². The quantitative estimate of drug-likeness (QED) is 0.180. The Morgan fingerprint density at radius 2 is 0.850 bits per heavy atom. The highest BCUT2D eigenvalue weighted by Gasteiger charge is 2.29. The summed E-state index contributed by atoms with van der Waals surface area (Å²) in [5, 5.41) is 19.3. The molecule has 4 heteroatoms. The maximum absolute atomic E-state index is 11.8. The van der Waals surface area contributed by atoms with Crippen molar-refractivity contribution in [2.24, 2.45) is 0 Å². The average molecular weight is 555 g/mol. The molecule has 0 saturated heterocycles. The monoisotopic (exact) mass is 554 g/mol. The number of hydrogen-bond acceptors (Lipinski definition) is 2. The summed E-state index contributed by atoms with van der Waals surface area (Å²) >= 11 is 0. The maximum Gasteiger partial charge on any atom is 0.303 e. The van der Waals surface area contributed by atoms with Crippen molar-refractivity contribution in [3.8, 4) is 0 Å². The van der Waals surface area contributed by atoms with Gasteiger partial charge in [0.25, 0.3) is 0 Å². The molecule has 0 spiro atoms. The highest BCUT2D eigenvalue weighted by molar-refractivity contribution is 5.71. The third-order valence-electron chi connectivity index (χ3n) is 7.23. The number of hydrogen-bond donors (Lipinski definition) is 2. The van der Waals surface area contributed by atoms with Gasteiger partial charge < -0.3 is 10.2 Å². The fourth-order valence-electron chi connectivity index (χ4n) is 4.74. The van der Waals surface area contributed by atoms with Crippen LogP contribution in [-0.4, -0.2) is 22.2 Å². The summed E-state index contributed by atoms with van der Waals surface area (Å²) in [5.41, 5.74) is 4.29. The minimum atomic E-state index is -0.906. The molecule has 40 heavy (non-hydrogen) atoms. The number of benzene rings is 2. The van der Waals surface area contributed by atoms with Crippen LogP contribution in [0.5, 0.6) is 0 Å². The van der Waals surface area contributed by atoms with Crippen LogP contribution < -0.4 is 0 Å². The van der Waals surface area contributed by atoms with Crippen molar-refractivity contribution in [1.82, 2.24) is 0 Å². The Kier molecular flexibility index (Phi) is 22.6. The van der Waals surface area contributed by atoms with Gasteiger partial charge in [-0.2, -0.15) is 0 Å². The fourth-order valence-corrected chi connectivity index (χ4v) is 4.74. The van der Waals surface area contributed by atoms with E-state index in [1.165, 1.54) is 62.5 Å². The number of aliphatic carboxylic acids is 2. The molecule has 0 aromatic heterocycles. The van der Waals surface area contributed by atoms with Crippen LogP contribution in [0, 0.1) is 0 Å². The van der Waals surface area contributed by atoms with Gasteiger partial charge in [0.1, 0.15) is 0 Å². The van der Waals surface area contributed by atoms with Crippen molar-refractivity contribution < 1.29 is 19.8 Å². The molecule has 0 amide bonds. The largest absolute Gasteiger partial charge is 0.481 e. The van der Waals surface area contributed by atoms with Crippen molar-refractivity contribution in [2.75, 3.05) is 0 Å². The lowest BCUT2D eigenvalue weighted by atomic mass is 9.77. The van der Waals surface area contributed by atoms with Gasteiger partial charge in [0.15, 0.2) is 0 Å². The van der Waals surface area contributed by atoms with Crippen LogP contribution in [0.1, 0.15) is 153 Å². The zero-order valence-electron chi connectivity index (χ0n) is 26.4. The number of carboxylic acid groups (broad SMARTS) is 2. The van der Waals surface area contributed by atoms with Crippen molar-refractivity contribution in [2.45, 2.75) is 143 Å². The highest BCUT2D eigenvalue weighted by atomic mass is 16.4. The van der Waals surface area contributed by atoms with E-state index < -0.39 is 23.8 Å². The predicted molar refractivity (Wildman–Crippen MR) is 170 cm³/mol. The molecular formula is C36H58O4. The molecule has 2 rings (SSSR count). The van der Waals surface area contributed by atoms with Crippen molar-refractivity contribution in [3.05, 3.63) is 70.8 Å². The summed E-state index contributed by atoms with van der Waals surface area (Å²) in [6, 6.07) is 16.3. The molecule has 2 aromatic carbocycles. The SMILES string of the molecule is CC.CCCC.CCCCCCc1ccc(C(CC(=O)O)C(CC(=O)O)c2ccc(CCCCCC)cc2)cc1. The number of unbranched alkanes of at least 4 members (excludes halogenated alkanes) is 7. The van der Waals surface area contributed by atoms with Crippen LogP contribution in [0.4, 0.5) is 0 Å². The number of rotatable bonds is 18. The normalized spacial score (nSPS) is 11.8. The minimum Gasteiger partial charge on any atom is -0.481 e. The molecule has 0 bridgehead atoms. The predicted octanol–water partition coefficient (Wildman–Crippen LogP) is 10.6. The van der Waals surface area contributed by atoms with Crippen LogP contribution in [-0.2, 0) is 22.4 Å².